The van der Waals surface area contributed by atoms with E-state index in [1.54, 1.807) is 17.5 Å². The van der Waals surface area contributed by atoms with Crippen molar-refractivity contribution in [2.45, 2.75) is 19.5 Å². The highest BCUT2D eigenvalue weighted by atomic mass is 32.1. The van der Waals surface area contributed by atoms with Crippen molar-refractivity contribution in [3.63, 3.8) is 0 Å². The zero-order valence-corrected chi connectivity index (χ0v) is 14.0. The number of hydrogen-bond donors (Lipinski definition) is 1. The van der Waals surface area contributed by atoms with Crippen LogP contribution in [0.2, 0.25) is 0 Å². The van der Waals surface area contributed by atoms with E-state index in [1.807, 2.05) is 24.4 Å². The number of nitrogens with zero attached hydrogens (tertiary/aromatic N) is 2. The first kappa shape index (κ1) is 15.5. The van der Waals surface area contributed by atoms with Crippen LogP contribution < -0.4 is 5.32 Å². The van der Waals surface area contributed by atoms with Gasteiger partial charge >= 0.3 is 6.03 Å². The van der Waals surface area contributed by atoms with Gasteiger partial charge in [-0.15, -0.1) is 11.3 Å². The Labute approximate surface area is 139 Å². The summed E-state index contributed by atoms with van der Waals surface area (Å²) in [6.45, 7) is 2.51. The first-order chi connectivity index (χ1) is 11.1. The maximum atomic E-state index is 12.3. The van der Waals surface area contributed by atoms with Crippen LogP contribution in [-0.4, -0.2) is 23.0 Å². The molecule has 0 saturated carbocycles. The molecule has 5 heteroatoms. The Hall–Kier alpha value is -2.40. The molecule has 0 aliphatic heterocycles. The summed E-state index contributed by atoms with van der Waals surface area (Å²) in [6.07, 6.45) is 0. The third-order valence-corrected chi connectivity index (χ3v) is 4.48. The van der Waals surface area contributed by atoms with E-state index in [-0.39, 0.29) is 12.1 Å². The molecule has 0 radical (unpaired) electrons. The van der Waals surface area contributed by atoms with Gasteiger partial charge in [-0.3, -0.25) is 0 Å². The molecule has 1 N–H and O–H groups in total. The van der Waals surface area contributed by atoms with E-state index in [1.165, 1.54) is 22.1 Å². The van der Waals surface area contributed by atoms with Crippen LogP contribution in [0.15, 0.2) is 53.4 Å². The fourth-order valence-electron chi connectivity index (χ4n) is 2.49. The molecule has 0 saturated heterocycles. The summed E-state index contributed by atoms with van der Waals surface area (Å²) < 4.78 is 0. The third-order valence-electron chi connectivity index (χ3n) is 3.84. The van der Waals surface area contributed by atoms with E-state index >= 15 is 0 Å². The summed E-state index contributed by atoms with van der Waals surface area (Å²) in [5.41, 5.74) is 3.78. The van der Waals surface area contributed by atoms with Gasteiger partial charge in [-0.25, -0.2) is 9.78 Å². The molecule has 0 spiro atoms. The molecule has 0 aliphatic rings. The van der Waals surface area contributed by atoms with Gasteiger partial charge in [0.1, 0.15) is 0 Å². The van der Waals surface area contributed by atoms with E-state index in [9.17, 15) is 4.79 Å². The van der Waals surface area contributed by atoms with Crippen LogP contribution in [0, 0.1) is 0 Å². The molecule has 4 nitrogen and oxygen atoms in total. The Morgan fingerprint density at radius 2 is 2.04 bits per heavy atom. The van der Waals surface area contributed by atoms with Crippen LogP contribution in [0.4, 0.5) is 4.79 Å². The fourth-order valence-corrected chi connectivity index (χ4v) is 3.04. The fraction of sp³-hybridized carbons (Fsp3) is 0.222. The number of amides is 2. The highest BCUT2D eigenvalue weighted by Gasteiger charge is 2.14. The topological polar surface area (TPSA) is 45.2 Å². The highest BCUT2D eigenvalue weighted by Crippen LogP contribution is 2.20. The molecule has 3 aromatic rings. The van der Waals surface area contributed by atoms with Crippen molar-refractivity contribution >= 4 is 28.1 Å². The quantitative estimate of drug-likeness (QED) is 0.781. The highest BCUT2D eigenvalue weighted by molar-refractivity contribution is 7.07. The van der Waals surface area contributed by atoms with Crippen molar-refractivity contribution in [2.24, 2.45) is 0 Å². The van der Waals surface area contributed by atoms with Gasteiger partial charge < -0.3 is 10.2 Å². The lowest BCUT2D eigenvalue weighted by molar-refractivity contribution is 0.203. The minimum atomic E-state index is -0.0985. The van der Waals surface area contributed by atoms with Crippen molar-refractivity contribution in [3.05, 3.63) is 64.6 Å². The molecule has 1 heterocycles. The standard InChI is InChI=1S/C18H19N3OS/c1-13(15-8-7-14-5-3-4-6-16(14)9-15)20-18(22)21(2)10-17-11-23-12-19-17/h3-9,11-13H,10H2,1-2H3,(H,20,22). The van der Waals surface area contributed by atoms with Crippen molar-refractivity contribution in [3.8, 4) is 0 Å². The lowest BCUT2D eigenvalue weighted by Crippen LogP contribution is -2.38. The first-order valence-electron chi connectivity index (χ1n) is 7.51. The van der Waals surface area contributed by atoms with Crippen LogP contribution in [0.3, 0.4) is 0 Å². The molecule has 3 rings (SSSR count). The largest absolute Gasteiger partial charge is 0.331 e. The number of nitrogens with one attached hydrogen (secondary N) is 1. The molecule has 0 fully saturated rings. The molecule has 2 aromatic carbocycles. The van der Waals surface area contributed by atoms with Gasteiger partial charge in [0.25, 0.3) is 0 Å². The lowest BCUT2D eigenvalue weighted by atomic mass is 10.0. The second-order valence-electron chi connectivity index (χ2n) is 5.61. The Morgan fingerprint density at radius 3 is 2.78 bits per heavy atom. The average molecular weight is 325 g/mol. The number of benzene rings is 2. The van der Waals surface area contributed by atoms with Gasteiger partial charge in [0.05, 0.1) is 23.8 Å². The van der Waals surface area contributed by atoms with Crippen LogP contribution in [-0.2, 0) is 6.54 Å². The predicted octanol–water partition coefficient (Wildman–Crippen LogP) is 4.20. The number of fused-ring (bicyclic) bond motifs is 1. The van der Waals surface area contributed by atoms with Crippen LogP contribution in [0.5, 0.6) is 0 Å². The van der Waals surface area contributed by atoms with Gasteiger partial charge in [0.2, 0.25) is 0 Å². The van der Waals surface area contributed by atoms with E-state index in [0.717, 1.165) is 11.3 Å². The first-order valence-corrected chi connectivity index (χ1v) is 8.45. The van der Waals surface area contributed by atoms with Gasteiger partial charge in [-0.2, -0.15) is 0 Å². The molecule has 118 valence electrons. The minimum Gasteiger partial charge on any atom is -0.331 e. The maximum absolute atomic E-state index is 12.3. The number of carbonyl (C=O) groups excluding carboxylic acids is 1. The smallest absolute Gasteiger partial charge is 0.317 e. The summed E-state index contributed by atoms with van der Waals surface area (Å²) >= 11 is 1.54. The van der Waals surface area contributed by atoms with E-state index in [4.69, 9.17) is 0 Å². The number of carbonyl (C=O) groups is 1. The maximum Gasteiger partial charge on any atom is 0.317 e. The molecule has 23 heavy (non-hydrogen) atoms. The van der Waals surface area contributed by atoms with E-state index in [2.05, 4.69) is 40.6 Å². The summed E-state index contributed by atoms with van der Waals surface area (Å²) in [7, 11) is 1.78. The van der Waals surface area contributed by atoms with Crippen LogP contribution in [0.25, 0.3) is 10.8 Å². The van der Waals surface area contributed by atoms with Gasteiger partial charge in [-0.1, -0.05) is 36.4 Å². The monoisotopic (exact) mass is 325 g/mol. The SMILES string of the molecule is CC(NC(=O)N(C)Cc1cscn1)c1ccc2ccccc2c1. The Kier molecular flexibility index (Phi) is 4.57. The summed E-state index contributed by atoms with van der Waals surface area (Å²) in [6, 6.07) is 14.4. The molecular weight excluding hydrogens is 306 g/mol. The molecule has 0 bridgehead atoms. The van der Waals surface area contributed by atoms with Gasteiger partial charge in [0, 0.05) is 12.4 Å². The zero-order valence-electron chi connectivity index (χ0n) is 13.2. The second-order valence-corrected chi connectivity index (χ2v) is 6.33. The van der Waals surface area contributed by atoms with E-state index in [0.29, 0.717) is 6.54 Å². The molecule has 1 unspecified atom stereocenters. The molecule has 1 aromatic heterocycles. The zero-order chi connectivity index (χ0) is 16.2. The number of hydrogen-bond acceptors (Lipinski definition) is 3. The molecular formula is C18H19N3OS. The molecule has 1 atom stereocenters. The van der Waals surface area contributed by atoms with Crippen molar-refractivity contribution in [2.75, 3.05) is 7.05 Å². The summed E-state index contributed by atoms with van der Waals surface area (Å²) in [4.78, 5) is 18.2. The Morgan fingerprint density at radius 1 is 1.26 bits per heavy atom. The number of thiazole rings is 1. The van der Waals surface area contributed by atoms with Crippen molar-refractivity contribution in [1.29, 1.82) is 0 Å². The number of rotatable bonds is 4. The average Bonchev–Trinajstić information content (AvgIpc) is 3.07. The lowest BCUT2D eigenvalue weighted by Gasteiger charge is -2.21. The van der Waals surface area contributed by atoms with Gasteiger partial charge in [-0.05, 0) is 29.3 Å². The van der Waals surface area contributed by atoms with Crippen LogP contribution in [0.1, 0.15) is 24.2 Å². The Bertz CT molecular complexity index is 801. The third kappa shape index (κ3) is 3.68. The normalized spacial score (nSPS) is 12.1. The predicted molar refractivity (Wildman–Crippen MR) is 94.5 cm³/mol. The second kappa shape index (κ2) is 6.79. The molecule has 2 amide bonds. The number of urea groups is 1. The van der Waals surface area contributed by atoms with Gasteiger partial charge in [0.15, 0.2) is 0 Å². The van der Waals surface area contributed by atoms with Crippen molar-refractivity contribution in [1.82, 2.24) is 15.2 Å². The Balaban J connectivity index is 1.67. The van der Waals surface area contributed by atoms with Crippen molar-refractivity contribution < 1.29 is 4.79 Å². The number of aromatic nitrogens is 1. The molecule has 0 aliphatic carbocycles. The minimum absolute atomic E-state index is 0.0509. The summed E-state index contributed by atoms with van der Waals surface area (Å²) in [5, 5.41) is 7.38. The van der Waals surface area contributed by atoms with E-state index < -0.39 is 0 Å². The summed E-state index contributed by atoms with van der Waals surface area (Å²) in [5.74, 6) is 0. The van der Waals surface area contributed by atoms with Crippen LogP contribution >= 0.6 is 11.3 Å².